The fourth-order valence-electron chi connectivity index (χ4n) is 9.37. The summed E-state index contributed by atoms with van der Waals surface area (Å²) in [6.45, 7) is 4.57. The van der Waals surface area contributed by atoms with Gasteiger partial charge in [-0.3, -0.25) is 37.3 Å². The van der Waals surface area contributed by atoms with E-state index in [1.54, 1.807) is 0 Å². The van der Waals surface area contributed by atoms with Gasteiger partial charge in [0.1, 0.15) is 19.3 Å². The summed E-state index contributed by atoms with van der Waals surface area (Å²) in [6, 6.07) is 0. The molecule has 0 saturated heterocycles. The summed E-state index contributed by atoms with van der Waals surface area (Å²) in [5, 5.41) is 10.6. The Hall–Kier alpha value is -3.76. The van der Waals surface area contributed by atoms with E-state index in [0.29, 0.717) is 25.7 Å². The first-order chi connectivity index (χ1) is 44.7. The molecule has 5 atom stereocenters. The van der Waals surface area contributed by atoms with Gasteiger partial charge >= 0.3 is 39.5 Å². The Bertz CT molecular complexity index is 2090. The highest BCUT2D eigenvalue weighted by Crippen LogP contribution is 2.45. The van der Waals surface area contributed by atoms with Gasteiger partial charge in [0.2, 0.25) is 0 Å². The van der Waals surface area contributed by atoms with Crippen molar-refractivity contribution < 1.29 is 80.2 Å². The predicted molar refractivity (Wildman–Crippen MR) is 372 cm³/mol. The summed E-state index contributed by atoms with van der Waals surface area (Å²) in [5.74, 6) is -2.21. The van der Waals surface area contributed by atoms with E-state index in [4.69, 9.17) is 37.0 Å². The van der Waals surface area contributed by atoms with E-state index in [-0.39, 0.29) is 25.7 Å². The zero-order valence-corrected chi connectivity index (χ0v) is 59.5. The number of aliphatic hydroxyl groups is 1. The molecule has 0 saturated carbocycles. The molecule has 17 nitrogen and oxygen atoms in total. The number of esters is 4. The van der Waals surface area contributed by atoms with Crippen molar-refractivity contribution in [1.82, 2.24) is 0 Å². The molecule has 19 heteroatoms. The third kappa shape index (κ3) is 64.9. The molecule has 532 valence electrons. The van der Waals surface area contributed by atoms with Crippen LogP contribution >= 0.6 is 15.6 Å². The number of phosphoric acid groups is 2. The highest BCUT2D eigenvalue weighted by atomic mass is 31.2. The van der Waals surface area contributed by atoms with Crippen LogP contribution in [0.1, 0.15) is 297 Å². The fourth-order valence-corrected chi connectivity index (χ4v) is 10.9. The molecular weight excluding hydrogens is 1210 g/mol. The van der Waals surface area contributed by atoms with E-state index in [1.807, 2.05) is 0 Å². The lowest BCUT2D eigenvalue weighted by molar-refractivity contribution is -0.161. The highest BCUT2D eigenvalue weighted by molar-refractivity contribution is 7.47. The van der Waals surface area contributed by atoms with E-state index in [0.717, 1.165) is 180 Å². The molecule has 0 aliphatic heterocycles. The van der Waals surface area contributed by atoms with Gasteiger partial charge in [-0.15, -0.1) is 0 Å². The molecule has 0 spiro atoms. The van der Waals surface area contributed by atoms with Gasteiger partial charge in [0.05, 0.1) is 26.4 Å². The van der Waals surface area contributed by atoms with Crippen LogP contribution in [0.15, 0.2) is 85.1 Å². The predicted octanol–water partition coefficient (Wildman–Crippen LogP) is 19.9. The van der Waals surface area contributed by atoms with Crippen LogP contribution in [0.5, 0.6) is 0 Å². The van der Waals surface area contributed by atoms with E-state index < -0.39 is 97.5 Å². The second kappa shape index (κ2) is 65.9. The first-order valence-electron chi connectivity index (χ1n) is 35.8. The summed E-state index contributed by atoms with van der Waals surface area (Å²) in [4.78, 5) is 72.6. The number of rotatable bonds is 67. The van der Waals surface area contributed by atoms with E-state index in [1.165, 1.54) is 38.5 Å². The quantitative estimate of drug-likeness (QED) is 0.0169. The second-order valence-corrected chi connectivity index (χ2v) is 26.7. The van der Waals surface area contributed by atoms with Crippen LogP contribution in [0.3, 0.4) is 0 Å². The molecule has 0 rings (SSSR count). The third-order valence-corrected chi connectivity index (χ3v) is 16.7. The largest absolute Gasteiger partial charge is 0.472 e. The van der Waals surface area contributed by atoms with Crippen LogP contribution < -0.4 is 0 Å². The maximum Gasteiger partial charge on any atom is 0.472 e. The van der Waals surface area contributed by atoms with Gasteiger partial charge in [-0.25, -0.2) is 9.13 Å². The molecule has 0 heterocycles. The first kappa shape index (κ1) is 88.2. The SMILES string of the molecule is CC/C=C\C/C=C\C/C=C\CCCCCCCC(=O)OCC(COP(=O)(O)OCC(O)COP(=O)(O)OCC(COC(=O)CCCCCCC/C=C\C/C=C\CCC)OC(=O)CCCCCCC/C=C\C/C=C\CCC)OC(=O)CCCCCCCCCCCCC. The number of phosphoric ester groups is 2. The summed E-state index contributed by atoms with van der Waals surface area (Å²) in [7, 11) is -9.94. The maximum absolute atomic E-state index is 13.0. The van der Waals surface area contributed by atoms with Crippen molar-refractivity contribution in [3.05, 3.63) is 85.1 Å². The van der Waals surface area contributed by atoms with Crippen molar-refractivity contribution in [1.29, 1.82) is 0 Å². The van der Waals surface area contributed by atoms with Crippen LogP contribution in [0, 0.1) is 0 Å². The van der Waals surface area contributed by atoms with E-state index >= 15 is 0 Å². The van der Waals surface area contributed by atoms with Crippen LogP contribution in [-0.2, 0) is 65.4 Å². The Balaban J connectivity index is 5.33. The number of carbonyl (C=O) groups is 4. The number of unbranched alkanes of at least 4 members (excludes halogenated alkanes) is 27. The molecule has 3 N–H and O–H groups in total. The summed E-state index contributed by atoms with van der Waals surface area (Å²) < 4.78 is 68.2. The van der Waals surface area contributed by atoms with Crippen molar-refractivity contribution in [2.75, 3.05) is 39.6 Å². The smallest absolute Gasteiger partial charge is 0.462 e. The molecule has 92 heavy (non-hydrogen) atoms. The van der Waals surface area contributed by atoms with Crippen LogP contribution in [-0.4, -0.2) is 96.7 Å². The lowest BCUT2D eigenvalue weighted by atomic mass is 10.1. The number of allylic oxidation sites excluding steroid dienone is 14. The van der Waals surface area contributed by atoms with Gasteiger partial charge < -0.3 is 33.8 Å². The van der Waals surface area contributed by atoms with Crippen molar-refractivity contribution in [2.45, 2.75) is 316 Å². The minimum atomic E-state index is -4.97. The Morgan fingerprint density at radius 3 is 0.913 bits per heavy atom. The zero-order chi connectivity index (χ0) is 67.5. The molecule has 0 bridgehead atoms. The summed E-state index contributed by atoms with van der Waals surface area (Å²) in [6.07, 6.45) is 64.5. The molecule has 0 amide bonds. The molecule has 0 radical (unpaired) electrons. The first-order valence-corrected chi connectivity index (χ1v) is 38.8. The maximum atomic E-state index is 13.0. The van der Waals surface area contributed by atoms with Crippen molar-refractivity contribution in [3.63, 3.8) is 0 Å². The number of aliphatic hydroxyl groups excluding tert-OH is 1. The topological polar surface area (TPSA) is 237 Å². The Morgan fingerprint density at radius 2 is 0.587 bits per heavy atom. The Morgan fingerprint density at radius 1 is 0.315 bits per heavy atom. The molecule has 0 aromatic carbocycles. The molecule has 0 fully saturated rings. The number of hydrogen-bond acceptors (Lipinski definition) is 15. The normalized spacial score (nSPS) is 14.6. The number of ether oxygens (including phenoxy) is 4. The lowest BCUT2D eigenvalue weighted by Gasteiger charge is -2.21. The fraction of sp³-hybridized carbons (Fsp3) is 0.753. The van der Waals surface area contributed by atoms with Gasteiger partial charge in [0.25, 0.3) is 0 Å². The van der Waals surface area contributed by atoms with Gasteiger partial charge in [-0.05, 0) is 109 Å². The molecule has 0 aliphatic rings. The molecule has 5 unspecified atom stereocenters. The highest BCUT2D eigenvalue weighted by Gasteiger charge is 2.30. The van der Waals surface area contributed by atoms with Crippen LogP contribution in [0.4, 0.5) is 0 Å². The summed E-state index contributed by atoms with van der Waals surface area (Å²) in [5.41, 5.74) is 0. The molecular formula is C73H128O17P2. The monoisotopic (exact) mass is 1340 g/mol. The van der Waals surface area contributed by atoms with Gasteiger partial charge in [-0.1, -0.05) is 248 Å². The van der Waals surface area contributed by atoms with Crippen LogP contribution in [0.2, 0.25) is 0 Å². The Kier molecular flexibility index (Phi) is 63.2. The average Bonchev–Trinajstić information content (AvgIpc) is 2.24. The van der Waals surface area contributed by atoms with E-state index in [2.05, 4.69) is 113 Å². The van der Waals surface area contributed by atoms with Gasteiger partial charge in [0, 0.05) is 25.7 Å². The zero-order valence-electron chi connectivity index (χ0n) is 57.7. The standard InChI is InChI=1S/C73H128O17P2/c1-5-9-13-17-21-25-29-32-33-36-39-42-46-50-54-58-71(76)84-63-68(89-72(77)59-55-51-47-43-37-28-24-20-16-12-8-4)65-87-91(79,80)85-61-67(74)62-86-92(81,82)88-66-69(90-73(78)60-56-52-48-44-40-35-31-27-23-19-15-11-7-3)64-83-70(75)57-53-49-45-41-38-34-30-26-22-18-14-10-6-2/h9,13-15,18-19,21,25-27,30-33,67-69,74H,5-8,10-12,16-17,20,22-24,28-29,34-66H2,1-4H3,(H,79,80)(H,81,82)/b13-9-,18-14-,19-15-,25-21-,30-26-,31-27-,33-32-. The van der Waals surface area contributed by atoms with Gasteiger partial charge in [-0.2, -0.15) is 0 Å². The van der Waals surface area contributed by atoms with Crippen LogP contribution in [0.25, 0.3) is 0 Å². The second-order valence-electron chi connectivity index (χ2n) is 23.8. The van der Waals surface area contributed by atoms with Crippen molar-refractivity contribution in [3.8, 4) is 0 Å². The molecule has 0 aromatic rings. The average molecular weight is 1340 g/mol. The van der Waals surface area contributed by atoms with E-state index in [9.17, 15) is 43.2 Å². The number of hydrogen-bond donors (Lipinski definition) is 3. The summed E-state index contributed by atoms with van der Waals surface area (Å²) >= 11 is 0. The minimum Gasteiger partial charge on any atom is -0.462 e. The van der Waals surface area contributed by atoms with Gasteiger partial charge in [0.15, 0.2) is 12.2 Å². The lowest BCUT2D eigenvalue weighted by Crippen LogP contribution is -2.30. The van der Waals surface area contributed by atoms with Crippen molar-refractivity contribution >= 4 is 39.5 Å². The Labute approximate surface area is 557 Å². The third-order valence-electron chi connectivity index (χ3n) is 14.8. The molecule has 0 aromatic heterocycles. The molecule has 0 aliphatic carbocycles. The van der Waals surface area contributed by atoms with Crippen molar-refractivity contribution in [2.24, 2.45) is 0 Å². The number of carbonyl (C=O) groups excluding carboxylic acids is 4. The minimum absolute atomic E-state index is 0.0766.